The molecule has 1 aromatic rings. The molecule has 0 aromatic heterocycles. The fraction of sp³-hybridized carbons (Fsp3) is 0.520. The molecular weight excluding hydrogens is 388 g/mol. The molecule has 166 valence electrons. The molecule has 1 aliphatic carbocycles. The highest BCUT2D eigenvalue weighted by molar-refractivity contribution is 6.22. The van der Waals surface area contributed by atoms with Crippen molar-refractivity contribution in [2.24, 2.45) is 0 Å². The van der Waals surface area contributed by atoms with Gasteiger partial charge in [0.15, 0.2) is 0 Å². The highest BCUT2D eigenvalue weighted by Gasteiger charge is 2.43. The van der Waals surface area contributed by atoms with Gasteiger partial charge in [0.1, 0.15) is 11.4 Å². The third-order valence-corrected chi connectivity index (χ3v) is 5.90. The number of nitrogens with zero attached hydrogens (tertiary/aromatic N) is 3. The fourth-order valence-corrected chi connectivity index (χ4v) is 3.73. The number of rotatable bonds is 9. The zero-order chi connectivity index (χ0) is 21.8. The number of Topliss-reactive ketones (excluding diaryl/α,β-unsaturated/α-hetero) is 1. The maximum absolute atomic E-state index is 12.4. The normalized spacial score (nSPS) is 19.2. The SMILES string of the molecule is CCCCCCNc1ccc(C)cc1.O=C1C=C(N2CC2)C(=O)C(N2CC2)=C1N1CC1. The van der Waals surface area contributed by atoms with Crippen LogP contribution in [0.25, 0.3) is 0 Å². The van der Waals surface area contributed by atoms with Gasteiger partial charge >= 0.3 is 0 Å². The van der Waals surface area contributed by atoms with E-state index in [1.54, 1.807) is 0 Å². The Balaban J connectivity index is 0.000000153. The molecule has 1 N–H and O–H groups in total. The van der Waals surface area contributed by atoms with E-state index in [1.165, 1.54) is 43.0 Å². The van der Waals surface area contributed by atoms with E-state index in [0.717, 1.165) is 45.8 Å². The van der Waals surface area contributed by atoms with E-state index < -0.39 is 0 Å². The van der Waals surface area contributed by atoms with Crippen molar-refractivity contribution < 1.29 is 9.59 Å². The van der Waals surface area contributed by atoms with Gasteiger partial charge in [-0.05, 0) is 25.5 Å². The average Bonchev–Trinajstić information content (AvgIpc) is 3.62. The Kier molecular flexibility index (Phi) is 6.64. The Morgan fingerprint density at radius 1 is 0.806 bits per heavy atom. The molecule has 6 nitrogen and oxygen atoms in total. The molecule has 3 aliphatic heterocycles. The number of hydrogen-bond acceptors (Lipinski definition) is 6. The van der Waals surface area contributed by atoms with Crippen molar-refractivity contribution in [2.75, 3.05) is 51.1 Å². The van der Waals surface area contributed by atoms with Crippen LogP contribution in [-0.2, 0) is 9.59 Å². The topological polar surface area (TPSA) is 55.2 Å². The lowest BCUT2D eigenvalue weighted by Crippen LogP contribution is -2.29. The van der Waals surface area contributed by atoms with Crippen LogP contribution in [0.15, 0.2) is 47.4 Å². The fourth-order valence-electron chi connectivity index (χ4n) is 3.73. The third-order valence-electron chi connectivity index (χ3n) is 5.90. The molecule has 0 radical (unpaired) electrons. The number of anilines is 1. The minimum absolute atomic E-state index is 0.00546. The molecule has 1 aromatic carbocycles. The second kappa shape index (κ2) is 9.58. The third kappa shape index (κ3) is 5.69. The smallest absolute Gasteiger partial charge is 0.227 e. The summed E-state index contributed by atoms with van der Waals surface area (Å²) in [5, 5.41) is 3.43. The van der Waals surface area contributed by atoms with Gasteiger partial charge in [0.05, 0.1) is 5.70 Å². The highest BCUT2D eigenvalue weighted by Crippen LogP contribution is 2.33. The van der Waals surface area contributed by atoms with Gasteiger partial charge in [0.25, 0.3) is 0 Å². The van der Waals surface area contributed by atoms with Crippen molar-refractivity contribution >= 4 is 17.3 Å². The van der Waals surface area contributed by atoms with Crippen LogP contribution >= 0.6 is 0 Å². The molecular formula is C25H34N4O2. The summed E-state index contributed by atoms with van der Waals surface area (Å²) in [5.41, 5.74) is 4.45. The summed E-state index contributed by atoms with van der Waals surface area (Å²) in [7, 11) is 0. The van der Waals surface area contributed by atoms with Gasteiger partial charge in [-0.2, -0.15) is 0 Å². The molecule has 3 heterocycles. The number of benzene rings is 1. The Labute approximate surface area is 185 Å². The minimum Gasteiger partial charge on any atom is -0.385 e. The first kappa shape index (κ1) is 21.5. The van der Waals surface area contributed by atoms with Crippen molar-refractivity contribution in [3.63, 3.8) is 0 Å². The number of allylic oxidation sites excluding steroid dienone is 1. The Hall–Kier alpha value is -2.76. The van der Waals surface area contributed by atoms with Gasteiger partial charge in [0.2, 0.25) is 11.6 Å². The van der Waals surface area contributed by atoms with Crippen LogP contribution in [0.5, 0.6) is 0 Å². The number of hydrogen-bond donors (Lipinski definition) is 1. The first-order valence-electron chi connectivity index (χ1n) is 11.7. The van der Waals surface area contributed by atoms with Crippen LogP contribution in [0.3, 0.4) is 0 Å². The Morgan fingerprint density at radius 3 is 2.00 bits per heavy atom. The van der Waals surface area contributed by atoms with Gasteiger partial charge in [0, 0.05) is 57.6 Å². The van der Waals surface area contributed by atoms with Crippen molar-refractivity contribution in [3.05, 3.63) is 53.0 Å². The molecule has 0 saturated carbocycles. The zero-order valence-corrected chi connectivity index (χ0v) is 18.8. The summed E-state index contributed by atoms with van der Waals surface area (Å²) in [6.07, 6.45) is 6.81. The average molecular weight is 423 g/mol. The second-order valence-corrected chi connectivity index (χ2v) is 8.73. The van der Waals surface area contributed by atoms with E-state index in [2.05, 4.69) is 43.4 Å². The van der Waals surface area contributed by atoms with Gasteiger partial charge in [-0.1, -0.05) is 43.9 Å². The number of carbonyl (C=O) groups excluding carboxylic acids is 2. The summed E-state index contributed by atoms with van der Waals surface area (Å²) in [5.74, 6) is 0.0485. The molecule has 3 fully saturated rings. The lowest BCUT2D eigenvalue weighted by atomic mass is 10.0. The van der Waals surface area contributed by atoms with Crippen LogP contribution < -0.4 is 5.32 Å². The number of unbranched alkanes of at least 4 members (excludes halogenated alkanes) is 3. The summed E-state index contributed by atoms with van der Waals surface area (Å²) in [6, 6.07) is 8.59. The predicted molar refractivity (Wildman–Crippen MR) is 124 cm³/mol. The van der Waals surface area contributed by atoms with Gasteiger partial charge in [-0.15, -0.1) is 0 Å². The molecule has 5 rings (SSSR count). The lowest BCUT2D eigenvalue weighted by molar-refractivity contribution is -0.117. The molecule has 0 spiro atoms. The van der Waals surface area contributed by atoms with Gasteiger partial charge in [-0.3, -0.25) is 9.59 Å². The molecule has 6 heteroatoms. The van der Waals surface area contributed by atoms with Gasteiger partial charge in [-0.25, -0.2) is 0 Å². The Bertz CT molecular complexity index is 875. The maximum atomic E-state index is 12.4. The molecule has 31 heavy (non-hydrogen) atoms. The lowest BCUT2D eigenvalue weighted by Gasteiger charge is -2.21. The standard InChI is InChI=1S/C13H21N.C12H13N3O2/c1-3-4-5-6-11-14-13-9-7-12(2)8-10-13;16-9-7-8(13-1-2-13)12(17)11(15-5-6-15)10(9)14-3-4-14/h7-10,14H,3-6,11H2,1-2H3;7H,1-6H2. The zero-order valence-electron chi connectivity index (χ0n) is 18.8. The van der Waals surface area contributed by atoms with Crippen LogP contribution in [0.1, 0.15) is 38.2 Å². The molecule has 0 atom stereocenters. The van der Waals surface area contributed by atoms with Crippen LogP contribution in [0.4, 0.5) is 5.69 Å². The summed E-state index contributed by atoms with van der Waals surface area (Å²) in [4.78, 5) is 30.5. The maximum Gasteiger partial charge on any atom is 0.227 e. The predicted octanol–water partition coefficient (Wildman–Crippen LogP) is 3.17. The highest BCUT2D eigenvalue weighted by atomic mass is 16.1. The summed E-state index contributed by atoms with van der Waals surface area (Å²) >= 11 is 0. The summed E-state index contributed by atoms with van der Waals surface area (Å²) < 4.78 is 0. The van der Waals surface area contributed by atoms with Crippen molar-refractivity contribution in [1.29, 1.82) is 0 Å². The molecule has 4 aliphatic rings. The Morgan fingerprint density at radius 2 is 1.42 bits per heavy atom. The number of ketones is 2. The van der Waals surface area contributed by atoms with Crippen molar-refractivity contribution in [3.8, 4) is 0 Å². The van der Waals surface area contributed by atoms with E-state index in [9.17, 15) is 9.59 Å². The van der Waals surface area contributed by atoms with E-state index in [4.69, 9.17) is 0 Å². The molecule has 0 amide bonds. The quantitative estimate of drug-likeness (QED) is 0.375. The van der Waals surface area contributed by atoms with E-state index in [-0.39, 0.29) is 11.6 Å². The minimum atomic E-state index is 0.00546. The number of nitrogens with one attached hydrogen (secondary N) is 1. The first-order valence-corrected chi connectivity index (χ1v) is 11.7. The molecule has 0 bridgehead atoms. The van der Waals surface area contributed by atoms with Crippen molar-refractivity contribution in [1.82, 2.24) is 14.7 Å². The second-order valence-electron chi connectivity index (χ2n) is 8.73. The molecule has 3 saturated heterocycles. The van der Waals surface area contributed by atoms with E-state index in [1.807, 2.05) is 14.7 Å². The number of aryl methyl sites for hydroxylation is 1. The van der Waals surface area contributed by atoms with Crippen molar-refractivity contribution in [2.45, 2.75) is 39.5 Å². The monoisotopic (exact) mass is 422 g/mol. The van der Waals surface area contributed by atoms with E-state index >= 15 is 0 Å². The molecule has 0 unspecified atom stereocenters. The van der Waals surface area contributed by atoms with Crippen LogP contribution in [0.2, 0.25) is 0 Å². The largest absolute Gasteiger partial charge is 0.385 e. The summed E-state index contributed by atoms with van der Waals surface area (Å²) in [6.45, 7) is 10.9. The van der Waals surface area contributed by atoms with Crippen LogP contribution in [0, 0.1) is 6.92 Å². The first-order chi connectivity index (χ1) is 15.1. The van der Waals surface area contributed by atoms with Gasteiger partial charge < -0.3 is 20.0 Å². The van der Waals surface area contributed by atoms with Crippen LogP contribution in [-0.4, -0.2) is 72.1 Å². The van der Waals surface area contributed by atoms with E-state index in [0.29, 0.717) is 17.1 Å². The number of carbonyl (C=O) groups is 2.